The van der Waals surface area contributed by atoms with Crippen LogP contribution in [-0.2, 0) is 6.42 Å². The summed E-state index contributed by atoms with van der Waals surface area (Å²) in [6, 6.07) is 0. The number of rotatable bonds is 8. The second-order valence-corrected chi connectivity index (χ2v) is 4.45. The van der Waals surface area contributed by atoms with E-state index in [0.717, 1.165) is 30.2 Å². The third-order valence-corrected chi connectivity index (χ3v) is 2.97. The van der Waals surface area contributed by atoms with Gasteiger partial charge in [0.2, 0.25) is 0 Å². The molecule has 0 saturated heterocycles. The Morgan fingerprint density at radius 2 is 1.78 bits per heavy atom. The molecule has 5 nitrogen and oxygen atoms in total. The molecule has 0 spiro atoms. The number of nitrogen functional groups attached to an aromatic ring is 1. The van der Waals surface area contributed by atoms with E-state index < -0.39 is 0 Å². The molecule has 0 aromatic carbocycles. The highest BCUT2D eigenvalue weighted by molar-refractivity contribution is 5.56. The van der Waals surface area contributed by atoms with Crippen molar-refractivity contribution in [2.24, 2.45) is 5.84 Å². The van der Waals surface area contributed by atoms with E-state index in [1.165, 1.54) is 25.7 Å². The predicted molar refractivity (Wildman–Crippen MR) is 76.6 cm³/mol. The van der Waals surface area contributed by atoms with E-state index in [9.17, 15) is 0 Å². The molecule has 5 heteroatoms. The fraction of sp³-hybridized carbons (Fsp3) is 0.692. The molecule has 102 valence electrons. The molecule has 1 aromatic heterocycles. The van der Waals surface area contributed by atoms with Crippen molar-refractivity contribution in [2.45, 2.75) is 52.9 Å². The lowest BCUT2D eigenvalue weighted by Crippen LogP contribution is -2.15. The van der Waals surface area contributed by atoms with Gasteiger partial charge in [0.25, 0.3) is 0 Å². The number of nitrogens with two attached hydrogens (primary N) is 1. The number of aryl methyl sites for hydroxylation is 1. The number of nitrogens with zero attached hydrogens (tertiary/aromatic N) is 2. The standard InChI is InChI=1S/C13H25N5/c1-4-6-7-8-9-15-12-10(3)13(18-14)17-11(5-2)16-12/h4-9,14H2,1-3H3,(H2,15,16,17,18). The summed E-state index contributed by atoms with van der Waals surface area (Å²) in [5.41, 5.74) is 3.61. The Bertz CT molecular complexity index is 365. The van der Waals surface area contributed by atoms with Crippen molar-refractivity contribution < 1.29 is 0 Å². The number of hydrogen-bond acceptors (Lipinski definition) is 5. The largest absolute Gasteiger partial charge is 0.370 e. The molecule has 0 atom stereocenters. The fourth-order valence-electron chi connectivity index (χ4n) is 1.79. The van der Waals surface area contributed by atoms with Gasteiger partial charge in [-0.25, -0.2) is 15.8 Å². The summed E-state index contributed by atoms with van der Waals surface area (Å²) in [5.74, 6) is 7.88. The molecule has 1 heterocycles. The maximum absolute atomic E-state index is 5.47. The number of hydrazine groups is 1. The van der Waals surface area contributed by atoms with E-state index in [2.05, 4.69) is 27.6 Å². The molecular weight excluding hydrogens is 226 g/mol. The second kappa shape index (κ2) is 7.87. The van der Waals surface area contributed by atoms with Crippen LogP contribution in [0.3, 0.4) is 0 Å². The van der Waals surface area contributed by atoms with Crippen LogP contribution in [-0.4, -0.2) is 16.5 Å². The van der Waals surface area contributed by atoms with Crippen LogP contribution in [0.15, 0.2) is 0 Å². The van der Waals surface area contributed by atoms with Gasteiger partial charge in [-0.3, -0.25) is 0 Å². The van der Waals surface area contributed by atoms with Gasteiger partial charge in [-0.2, -0.15) is 0 Å². The number of nitrogens with one attached hydrogen (secondary N) is 2. The monoisotopic (exact) mass is 251 g/mol. The van der Waals surface area contributed by atoms with Crippen LogP contribution in [0, 0.1) is 6.92 Å². The highest BCUT2D eigenvalue weighted by Gasteiger charge is 2.08. The Morgan fingerprint density at radius 1 is 1.06 bits per heavy atom. The average Bonchev–Trinajstić information content (AvgIpc) is 2.40. The molecule has 0 aliphatic carbocycles. The lowest BCUT2D eigenvalue weighted by atomic mass is 10.2. The molecule has 4 N–H and O–H groups in total. The molecular formula is C13H25N5. The molecule has 0 aliphatic rings. The van der Waals surface area contributed by atoms with Gasteiger partial charge in [0.15, 0.2) is 0 Å². The van der Waals surface area contributed by atoms with Crippen molar-refractivity contribution in [3.05, 3.63) is 11.4 Å². The smallest absolute Gasteiger partial charge is 0.148 e. The number of aromatic nitrogens is 2. The number of hydrogen-bond donors (Lipinski definition) is 3. The Labute approximate surface area is 110 Å². The van der Waals surface area contributed by atoms with Crippen molar-refractivity contribution in [1.29, 1.82) is 0 Å². The minimum Gasteiger partial charge on any atom is -0.370 e. The summed E-state index contributed by atoms with van der Waals surface area (Å²) < 4.78 is 0. The number of unbranched alkanes of at least 4 members (excludes halogenated alkanes) is 3. The van der Waals surface area contributed by atoms with Crippen LogP contribution in [0.4, 0.5) is 11.6 Å². The maximum atomic E-state index is 5.47. The van der Waals surface area contributed by atoms with Gasteiger partial charge in [0, 0.05) is 18.5 Å². The van der Waals surface area contributed by atoms with Crippen LogP contribution in [0.25, 0.3) is 0 Å². The fourth-order valence-corrected chi connectivity index (χ4v) is 1.79. The zero-order valence-electron chi connectivity index (χ0n) is 11.7. The molecule has 0 bridgehead atoms. The summed E-state index contributed by atoms with van der Waals surface area (Å²) in [4.78, 5) is 8.84. The minimum atomic E-state index is 0.706. The van der Waals surface area contributed by atoms with Crippen LogP contribution < -0.4 is 16.6 Å². The van der Waals surface area contributed by atoms with E-state index in [4.69, 9.17) is 5.84 Å². The molecule has 0 saturated carbocycles. The summed E-state index contributed by atoms with van der Waals surface area (Å²) in [7, 11) is 0. The zero-order chi connectivity index (χ0) is 13.4. The first kappa shape index (κ1) is 14.7. The van der Waals surface area contributed by atoms with E-state index in [1.54, 1.807) is 0 Å². The SMILES string of the molecule is CCCCCCNc1nc(CC)nc(NN)c1C. The van der Waals surface area contributed by atoms with Crippen molar-refractivity contribution in [2.75, 3.05) is 17.3 Å². The van der Waals surface area contributed by atoms with E-state index in [1.807, 2.05) is 13.8 Å². The van der Waals surface area contributed by atoms with Crippen LogP contribution >= 0.6 is 0 Å². The topological polar surface area (TPSA) is 75.9 Å². The molecule has 1 aromatic rings. The molecule has 0 fully saturated rings. The lowest BCUT2D eigenvalue weighted by molar-refractivity contribution is 0.683. The molecule has 0 radical (unpaired) electrons. The van der Waals surface area contributed by atoms with E-state index in [-0.39, 0.29) is 0 Å². The Hall–Kier alpha value is -1.36. The van der Waals surface area contributed by atoms with E-state index >= 15 is 0 Å². The molecule has 0 aliphatic heterocycles. The summed E-state index contributed by atoms with van der Waals surface area (Å²) in [5, 5.41) is 3.37. The van der Waals surface area contributed by atoms with Crippen LogP contribution in [0.1, 0.15) is 50.9 Å². The third-order valence-electron chi connectivity index (χ3n) is 2.97. The summed E-state index contributed by atoms with van der Waals surface area (Å²) in [6.07, 6.45) is 5.79. The van der Waals surface area contributed by atoms with Crippen LogP contribution in [0.5, 0.6) is 0 Å². The zero-order valence-corrected chi connectivity index (χ0v) is 11.7. The number of anilines is 2. The van der Waals surface area contributed by atoms with Crippen molar-refractivity contribution in [3.63, 3.8) is 0 Å². The first-order valence-electron chi connectivity index (χ1n) is 6.80. The van der Waals surface area contributed by atoms with Crippen molar-refractivity contribution in [1.82, 2.24) is 9.97 Å². The first-order valence-corrected chi connectivity index (χ1v) is 6.80. The first-order chi connectivity index (χ1) is 8.72. The van der Waals surface area contributed by atoms with Gasteiger partial charge >= 0.3 is 0 Å². The molecule has 1 rings (SSSR count). The summed E-state index contributed by atoms with van der Waals surface area (Å²) in [6.45, 7) is 7.18. The van der Waals surface area contributed by atoms with Gasteiger partial charge in [-0.15, -0.1) is 0 Å². The quantitative estimate of drug-likeness (QED) is 0.376. The maximum Gasteiger partial charge on any atom is 0.148 e. The van der Waals surface area contributed by atoms with Crippen LogP contribution in [0.2, 0.25) is 0 Å². The van der Waals surface area contributed by atoms with Gasteiger partial charge in [-0.05, 0) is 13.3 Å². The van der Waals surface area contributed by atoms with Gasteiger partial charge in [0.1, 0.15) is 17.5 Å². The Balaban J connectivity index is 2.63. The van der Waals surface area contributed by atoms with Crippen molar-refractivity contribution in [3.8, 4) is 0 Å². The molecule has 18 heavy (non-hydrogen) atoms. The highest BCUT2D eigenvalue weighted by Crippen LogP contribution is 2.19. The Kier molecular flexibility index (Phi) is 6.43. The molecule has 0 amide bonds. The van der Waals surface area contributed by atoms with Gasteiger partial charge < -0.3 is 10.7 Å². The predicted octanol–water partition coefficient (Wildman–Crippen LogP) is 2.63. The van der Waals surface area contributed by atoms with E-state index in [0.29, 0.717) is 5.82 Å². The second-order valence-electron chi connectivity index (χ2n) is 4.45. The van der Waals surface area contributed by atoms with Gasteiger partial charge in [-0.1, -0.05) is 33.1 Å². The Morgan fingerprint density at radius 3 is 2.39 bits per heavy atom. The lowest BCUT2D eigenvalue weighted by Gasteiger charge is -2.13. The van der Waals surface area contributed by atoms with Crippen molar-refractivity contribution >= 4 is 11.6 Å². The van der Waals surface area contributed by atoms with Gasteiger partial charge in [0.05, 0.1) is 0 Å². The summed E-state index contributed by atoms with van der Waals surface area (Å²) >= 11 is 0. The normalized spacial score (nSPS) is 10.4. The molecule has 0 unspecified atom stereocenters. The minimum absolute atomic E-state index is 0.706. The average molecular weight is 251 g/mol. The highest BCUT2D eigenvalue weighted by atomic mass is 15.3. The third kappa shape index (κ3) is 4.14.